The van der Waals surface area contributed by atoms with Crippen LogP contribution in [-0.4, -0.2) is 85.9 Å². The summed E-state index contributed by atoms with van der Waals surface area (Å²) in [7, 11) is -3.11. The number of benzene rings is 2. The van der Waals surface area contributed by atoms with Crippen LogP contribution in [0.4, 0.5) is 0 Å². The predicted molar refractivity (Wildman–Crippen MR) is 174 cm³/mol. The van der Waals surface area contributed by atoms with Gasteiger partial charge in [-0.1, -0.05) is 81.4 Å². The second-order valence-corrected chi connectivity index (χ2v) is 16.4. The van der Waals surface area contributed by atoms with Crippen LogP contribution < -0.4 is 10.4 Å². The lowest BCUT2D eigenvalue weighted by molar-refractivity contribution is -0.186. The van der Waals surface area contributed by atoms with Crippen LogP contribution in [0.2, 0.25) is 5.04 Å². The van der Waals surface area contributed by atoms with Crippen LogP contribution >= 0.6 is 0 Å². The number of carboxylic acid groups (broad SMARTS) is 1. The zero-order chi connectivity index (χ0) is 36.4. The third-order valence-electron chi connectivity index (χ3n) is 7.24. The Bertz CT molecular complexity index is 1400. The summed E-state index contributed by atoms with van der Waals surface area (Å²) in [5.74, 6) is -6.63. The normalized spacial score (nSPS) is 15.4. The number of carboxylic acids is 1. The van der Waals surface area contributed by atoms with E-state index in [2.05, 4.69) is 25.5 Å². The Kier molecular flexibility index (Phi) is 14.0. The lowest BCUT2D eigenvalue weighted by Crippen LogP contribution is -2.68. The third-order valence-corrected chi connectivity index (χ3v) is 12.4. The summed E-state index contributed by atoms with van der Waals surface area (Å²) in [6, 6.07) is 19.3. The molecule has 0 bridgehead atoms. The van der Waals surface area contributed by atoms with Crippen molar-refractivity contribution in [1.82, 2.24) is 0 Å². The molecule has 0 radical (unpaired) electrons. The summed E-state index contributed by atoms with van der Waals surface area (Å²) in [5.41, 5.74) is 0. The van der Waals surface area contributed by atoms with Crippen molar-refractivity contribution in [3.63, 3.8) is 0 Å². The zero-order valence-electron chi connectivity index (χ0n) is 28.6. The molecule has 262 valence electrons. The van der Waals surface area contributed by atoms with Crippen LogP contribution in [-0.2, 0) is 56.9 Å². The van der Waals surface area contributed by atoms with Crippen molar-refractivity contribution in [2.75, 3.05) is 0 Å². The predicted octanol–water partition coefficient (Wildman–Crippen LogP) is 2.69. The van der Waals surface area contributed by atoms with Gasteiger partial charge in [0.1, 0.15) is 6.10 Å². The smallest absolute Gasteiger partial charge is 0.347 e. The van der Waals surface area contributed by atoms with Gasteiger partial charge in [-0.2, -0.15) is 0 Å². The number of carbonyl (C=O) groups excluding carboxylic acids is 5. The minimum atomic E-state index is -3.11. The van der Waals surface area contributed by atoms with Crippen LogP contribution in [0, 0.1) is 0 Å². The third kappa shape index (κ3) is 10.2. The molecule has 0 unspecified atom stereocenters. The SMILES string of the molecule is C[C@H](OC(=O)[C@H](C)OC(=O)[C@H](C)OC(=O)[C@H](C)OC(=O)[C@H](C)OC(=O)[C@H](C)O[Si](c1ccccc1)(c1ccccc1)C(C)(C)C)C(=O)O. The molecule has 2 rings (SSSR count). The van der Waals surface area contributed by atoms with E-state index in [1.807, 2.05) is 60.7 Å². The highest BCUT2D eigenvalue weighted by Gasteiger charge is 2.52. The Morgan fingerprint density at radius 2 is 0.771 bits per heavy atom. The lowest BCUT2D eigenvalue weighted by atomic mass is 10.2. The molecular formula is C34H44O13Si. The van der Waals surface area contributed by atoms with E-state index in [4.69, 9.17) is 28.5 Å². The second-order valence-electron chi connectivity index (χ2n) is 12.2. The highest BCUT2D eigenvalue weighted by atomic mass is 28.4. The lowest BCUT2D eigenvalue weighted by Gasteiger charge is -2.44. The highest BCUT2D eigenvalue weighted by Crippen LogP contribution is 2.37. The molecule has 1 N–H and O–H groups in total. The fourth-order valence-electron chi connectivity index (χ4n) is 4.60. The van der Waals surface area contributed by atoms with E-state index in [-0.39, 0.29) is 0 Å². The van der Waals surface area contributed by atoms with Crippen LogP contribution in [0.25, 0.3) is 0 Å². The maximum absolute atomic E-state index is 13.3. The molecule has 48 heavy (non-hydrogen) atoms. The van der Waals surface area contributed by atoms with E-state index in [0.29, 0.717) is 0 Å². The second kappa shape index (κ2) is 17.0. The zero-order valence-corrected chi connectivity index (χ0v) is 29.6. The van der Waals surface area contributed by atoms with E-state index in [9.17, 15) is 28.8 Å². The van der Waals surface area contributed by atoms with Crippen molar-refractivity contribution < 1.29 is 62.0 Å². The average molecular weight is 689 g/mol. The molecule has 6 atom stereocenters. The summed E-state index contributed by atoms with van der Waals surface area (Å²) in [5, 5.41) is 10.3. The van der Waals surface area contributed by atoms with Gasteiger partial charge in [-0.25, -0.2) is 28.8 Å². The Morgan fingerprint density at radius 1 is 0.500 bits per heavy atom. The Morgan fingerprint density at radius 3 is 1.04 bits per heavy atom. The molecule has 0 saturated carbocycles. The van der Waals surface area contributed by atoms with Crippen LogP contribution in [0.15, 0.2) is 60.7 Å². The van der Waals surface area contributed by atoms with Gasteiger partial charge in [0.05, 0.1) is 0 Å². The number of rotatable bonds is 15. The first-order valence-corrected chi connectivity index (χ1v) is 17.3. The van der Waals surface area contributed by atoms with Crippen molar-refractivity contribution in [3.05, 3.63) is 60.7 Å². The summed E-state index contributed by atoms with van der Waals surface area (Å²) in [6.45, 7) is 13.6. The monoisotopic (exact) mass is 688 g/mol. The molecule has 0 heterocycles. The molecule has 2 aromatic carbocycles. The number of hydrogen-bond donors (Lipinski definition) is 1. The molecule has 0 amide bonds. The van der Waals surface area contributed by atoms with Crippen molar-refractivity contribution >= 4 is 54.5 Å². The van der Waals surface area contributed by atoms with Gasteiger partial charge in [-0.05, 0) is 57.0 Å². The number of hydrogen-bond acceptors (Lipinski definition) is 12. The fraction of sp³-hybridized carbons (Fsp3) is 0.471. The van der Waals surface area contributed by atoms with Crippen LogP contribution in [0.1, 0.15) is 62.3 Å². The van der Waals surface area contributed by atoms with E-state index in [1.165, 1.54) is 13.8 Å². The molecule has 0 aliphatic carbocycles. The topological polar surface area (TPSA) is 178 Å². The summed E-state index contributed by atoms with van der Waals surface area (Å²) in [6.07, 6.45) is -8.52. The van der Waals surface area contributed by atoms with E-state index in [1.54, 1.807) is 6.92 Å². The van der Waals surface area contributed by atoms with E-state index >= 15 is 0 Å². The number of aliphatic carboxylic acids is 1. The van der Waals surface area contributed by atoms with E-state index < -0.39 is 85.8 Å². The van der Waals surface area contributed by atoms with Gasteiger partial charge < -0.3 is 33.2 Å². The summed E-state index contributed by atoms with van der Waals surface area (Å²) in [4.78, 5) is 73.6. The maximum Gasteiger partial charge on any atom is 0.347 e. The van der Waals surface area contributed by atoms with Crippen molar-refractivity contribution in [2.45, 2.75) is 104 Å². The molecule has 0 aromatic heterocycles. The van der Waals surface area contributed by atoms with Crippen molar-refractivity contribution in [1.29, 1.82) is 0 Å². The van der Waals surface area contributed by atoms with Gasteiger partial charge in [0.25, 0.3) is 8.32 Å². The van der Waals surface area contributed by atoms with Crippen LogP contribution in [0.5, 0.6) is 0 Å². The van der Waals surface area contributed by atoms with E-state index in [0.717, 1.165) is 31.1 Å². The Labute approximate surface area is 280 Å². The largest absolute Gasteiger partial charge is 0.479 e. The van der Waals surface area contributed by atoms with Gasteiger partial charge >= 0.3 is 35.8 Å². The van der Waals surface area contributed by atoms with Gasteiger partial charge in [-0.15, -0.1) is 0 Å². The van der Waals surface area contributed by atoms with Crippen LogP contribution in [0.3, 0.4) is 0 Å². The molecule has 14 heteroatoms. The minimum absolute atomic E-state index is 0.422. The first kappa shape index (κ1) is 39.6. The number of ether oxygens (including phenoxy) is 5. The molecule has 0 spiro atoms. The molecule has 0 saturated heterocycles. The first-order valence-electron chi connectivity index (χ1n) is 15.4. The van der Waals surface area contributed by atoms with Gasteiger partial charge in [0, 0.05) is 0 Å². The molecule has 13 nitrogen and oxygen atoms in total. The molecule has 2 aromatic rings. The standard InChI is InChI=1S/C34H44O13Si/c1-20(28(35)36)42-29(37)21(2)43-30(38)22(3)44-31(39)23(4)45-32(40)24(5)46-33(41)25(6)47-48(34(7,8)9,26-16-12-10-13-17-26)27-18-14-11-15-19-27/h10-25H,1-9H3,(H,35,36)/t20-,21-,22-,23-,24-,25-/m0/s1. The van der Waals surface area contributed by atoms with Crippen molar-refractivity contribution in [2.24, 2.45) is 0 Å². The summed E-state index contributed by atoms with van der Waals surface area (Å²) >= 11 is 0. The maximum atomic E-state index is 13.3. The molecule has 0 aliphatic rings. The number of carbonyl (C=O) groups is 6. The highest BCUT2D eigenvalue weighted by molar-refractivity contribution is 6.99. The average Bonchev–Trinajstić information content (AvgIpc) is 3.03. The minimum Gasteiger partial charge on any atom is -0.479 e. The molecular weight excluding hydrogens is 644 g/mol. The molecule has 0 fully saturated rings. The van der Waals surface area contributed by atoms with Crippen molar-refractivity contribution in [3.8, 4) is 0 Å². The quantitative estimate of drug-likeness (QED) is 0.164. The summed E-state index contributed by atoms with van der Waals surface area (Å²) < 4.78 is 31.7. The van der Waals surface area contributed by atoms with Gasteiger partial charge in [-0.3, -0.25) is 0 Å². The van der Waals surface area contributed by atoms with Gasteiger partial charge in [0.15, 0.2) is 30.5 Å². The van der Waals surface area contributed by atoms with Gasteiger partial charge in [0.2, 0.25) is 0 Å². The Hall–Kier alpha value is -4.56. The Balaban J connectivity index is 2.03. The first-order chi connectivity index (χ1) is 22.3. The molecule has 0 aliphatic heterocycles. The fourth-order valence-corrected chi connectivity index (χ4v) is 9.24. The number of esters is 5.